The second kappa shape index (κ2) is 8.04. The van der Waals surface area contributed by atoms with Gasteiger partial charge in [0.15, 0.2) is 0 Å². The van der Waals surface area contributed by atoms with Crippen LogP contribution in [0.5, 0.6) is 0 Å². The van der Waals surface area contributed by atoms with Crippen LogP contribution < -0.4 is 10.2 Å². The number of aryl methyl sites for hydroxylation is 1. The molecular formula is C21H29N5. The van der Waals surface area contributed by atoms with Gasteiger partial charge in [0.25, 0.3) is 0 Å². The summed E-state index contributed by atoms with van der Waals surface area (Å²) in [6.45, 7) is 7.48. The Morgan fingerprint density at radius 1 is 1.00 bits per heavy atom. The molecule has 2 aliphatic heterocycles. The minimum absolute atomic E-state index is 0.444. The predicted octanol–water partition coefficient (Wildman–Crippen LogP) is 3.46. The van der Waals surface area contributed by atoms with Gasteiger partial charge in [-0.15, -0.1) is 0 Å². The van der Waals surface area contributed by atoms with E-state index in [1.165, 1.54) is 36.8 Å². The summed E-state index contributed by atoms with van der Waals surface area (Å²) >= 11 is 0. The van der Waals surface area contributed by atoms with Crippen LogP contribution in [0.1, 0.15) is 36.8 Å². The van der Waals surface area contributed by atoms with E-state index in [2.05, 4.69) is 51.3 Å². The molecule has 0 atom stereocenters. The number of hydrogen-bond donors (Lipinski definition) is 1. The van der Waals surface area contributed by atoms with E-state index in [4.69, 9.17) is 4.98 Å². The first-order chi connectivity index (χ1) is 12.8. The average Bonchev–Trinajstić information content (AvgIpc) is 2.91. The van der Waals surface area contributed by atoms with Crippen molar-refractivity contribution in [3.05, 3.63) is 47.7 Å². The molecule has 2 aromatic rings. The van der Waals surface area contributed by atoms with E-state index in [9.17, 15) is 0 Å². The van der Waals surface area contributed by atoms with E-state index in [1.54, 1.807) is 0 Å². The van der Waals surface area contributed by atoms with Crippen molar-refractivity contribution in [1.82, 2.24) is 14.9 Å². The summed E-state index contributed by atoms with van der Waals surface area (Å²) in [7, 11) is 0. The molecule has 5 heteroatoms. The molecular weight excluding hydrogens is 322 g/mol. The molecule has 0 radical (unpaired) electrons. The third-order valence-corrected chi connectivity index (χ3v) is 5.39. The number of aromatic nitrogens is 2. The maximum atomic E-state index is 4.76. The molecule has 2 aliphatic rings. The van der Waals surface area contributed by atoms with Gasteiger partial charge in [-0.2, -0.15) is 4.98 Å². The predicted molar refractivity (Wildman–Crippen MR) is 107 cm³/mol. The van der Waals surface area contributed by atoms with Gasteiger partial charge in [-0.3, -0.25) is 4.90 Å². The summed E-state index contributed by atoms with van der Waals surface area (Å²) in [5.74, 6) is 1.84. The zero-order chi connectivity index (χ0) is 17.8. The van der Waals surface area contributed by atoms with Gasteiger partial charge in [-0.05, 0) is 31.4 Å². The van der Waals surface area contributed by atoms with Crippen LogP contribution in [0.2, 0.25) is 0 Å². The van der Waals surface area contributed by atoms with Gasteiger partial charge in [0, 0.05) is 38.9 Å². The Bertz CT molecular complexity index is 701. The highest BCUT2D eigenvalue weighted by Crippen LogP contribution is 2.20. The number of anilines is 2. The van der Waals surface area contributed by atoms with E-state index in [-0.39, 0.29) is 0 Å². The highest BCUT2D eigenvalue weighted by molar-refractivity contribution is 5.43. The molecule has 1 N–H and O–H groups in total. The average molecular weight is 351 g/mol. The molecule has 5 nitrogen and oxygen atoms in total. The fourth-order valence-electron chi connectivity index (χ4n) is 3.82. The minimum atomic E-state index is 0.444. The second-order valence-corrected chi connectivity index (χ2v) is 7.66. The van der Waals surface area contributed by atoms with Crippen LogP contribution >= 0.6 is 0 Å². The Morgan fingerprint density at radius 3 is 2.46 bits per heavy atom. The summed E-state index contributed by atoms with van der Waals surface area (Å²) in [6.07, 6.45) is 7.10. The van der Waals surface area contributed by atoms with Crippen LogP contribution in [-0.2, 0) is 6.54 Å². The number of rotatable bonds is 5. The summed E-state index contributed by atoms with van der Waals surface area (Å²) in [6, 6.07) is 11.3. The van der Waals surface area contributed by atoms with Gasteiger partial charge in [0.2, 0.25) is 5.95 Å². The lowest BCUT2D eigenvalue weighted by Gasteiger charge is -2.39. The molecule has 4 rings (SSSR count). The number of benzene rings is 1. The first-order valence-electron chi connectivity index (χ1n) is 9.89. The topological polar surface area (TPSA) is 44.3 Å². The third-order valence-electron chi connectivity index (χ3n) is 5.39. The maximum Gasteiger partial charge on any atom is 0.224 e. The van der Waals surface area contributed by atoms with E-state index in [0.717, 1.165) is 44.5 Å². The highest BCUT2D eigenvalue weighted by Gasteiger charge is 2.27. The van der Waals surface area contributed by atoms with Crippen molar-refractivity contribution in [2.75, 3.05) is 36.4 Å². The van der Waals surface area contributed by atoms with Crippen molar-refractivity contribution >= 4 is 11.8 Å². The lowest BCUT2D eigenvalue weighted by atomic mass is 10.1. The fraction of sp³-hybridized carbons (Fsp3) is 0.524. The Kier molecular flexibility index (Phi) is 5.34. The summed E-state index contributed by atoms with van der Waals surface area (Å²) < 4.78 is 0. The number of hydrogen-bond acceptors (Lipinski definition) is 5. The summed E-state index contributed by atoms with van der Waals surface area (Å²) in [5, 5.41) is 3.51. The van der Waals surface area contributed by atoms with Crippen LogP contribution in [0.4, 0.5) is 11.8 Å². The van der Waals surface area contributed by atoms with E-state index >= 15 is 0 Å². The zero-order valence-electron chi connectivity index (χ0n) is 15.7. The molecule has 0 spiro atoms. The quantitative estimate of drug-likeness (QED) is 0.894. The first kappa shape index (κ1) is 17.3. The molecule has 2 fully saturated rings. The maximum absolute atomic E-state index is 4.76. The zero-order valence-corrected chi connectivity index (χ0v) is 15.7. The van der Waals surface area contributed by atoms with Gasteiger partial charge < -0.3 is 10.2 Å². The first-order valence-corrected chi connectivity index (χ1v) is 9.89. The normalized spacial score (nSPS) is 19.0. The SMILES string of the molecule is Cc1ccc(CN2CC(Nc3nccc(N4CCCCCC4)n3)C2)cc1. The molecule has 0 unspecified atom stereocenters. The smallest absolute Gasteiger partial charge is 0.224 e. The van der Waals surface area contributed by atoms with Gasteiger partial charge in [-0.25, -0.2) is 4.98 Å². The Balaban J connectivity index is 1.28. The molecule has 0 amide bonds. The third kappa shape index (κ3) is 4.33. The largest absolute Gasteiger partial charge is 0.356 e. The van der Waals surface area contributed by atoms with Gasteiger partial charge in [0.1, 0.15) is 5.82 Å². The highest BCUT2D eigenvalue weighted by atomic mass is 15.3. The number of nitrogens with one attached hydrogen (secondary N) is 1. The van der Waals surface area contributed by atoms with Crippen molar-refractivity contribution in [1.29, 1.82) is 0 Å². The van der Waals surface area contributed by atoms with E-state index < -0.39 is 0 Å². The Morgan fingerprint density at radius 2 is 1.73 bits per heavy atom. The van der Waals surface area contributed by atoms with Crippen molar-refractivity contribution in [2.45, 2.75) is 45.2 Å². The van der Waals surface area contributed by atoms with Crippen LogP contribution in [0.3, 0.4) is 0 Å². The Labute approximate surface area is 156 Å². The van der Waals surface area contributed by atoms with E-state index in [0.29, 0.717) is 6.04 Å². The summed E-state index contributed by atoms with van der Waals surface area (Å²) in [5.41, 5.74) is 2.70. The molecule has 138 valence electrons. The Hall–Kier alpha value is -2.14. The molecule has 26 heavy (non-hydrogen) atoms. The van der Waals surface area contributed by atoms with Crippen LogP contribution in [0.25, 0.3) is 0 Å². The van der Waals surface area contributed by atoms with Gasteiger partial charge >= 0.3 is 0 Å². The van der Waals surface area contributed by atoms with Crippen LogP contribution in [-0.4, -0.2) is 47.1 Å². The summed E-state index contributed by atoms with van der Waals surface area (Å²) in [4.78, 5) is 14.1. The lowest BCUT2D eigenvalue weighted by molar-refractivity contribution is 0.152. The second-order valence-electron chi connectivity index (χ2n) is 7.66. The molecule has 1 aromatic carbocycles. The molecule has 1 aromatic heterocycles. The van der Waals surface area contributed by atoms with Crippen molar-refractivity contribution in [3.8, 4) is 0 Å². The van der Waals surface area contributed by atoms with Crippen molar-refractivity contribution in [3.63, 3.8) is 0 Å². The molecule has 0 aliphatic carbocycles. The van der Waals surface area contributed by atoms with E-state index in [1.807, 2.05) is 12.3 Å². The molecule has 3 heterocycles. The van der Waals surface area contributed by atoms with Gasteiger partial charge in [-0.1, -0.05) is 42.7 Å². The monoisotopic (exact) mass is 351 g/mol. The van der Waals surface area contributed by atoms with Crippen LogP contribution in [0, 0.1) is 6.92 Å². The standard InChI is InChI=1S/C21H29N5/c1-17-6-8-18(9-7-17)14-25-15-19(16-25)23-21-22-11-10-20(24-21)26-12-4-2-3-5-13-26/h6-11,19H,2-5,12-16H2,1H3,(H,22,23,24). The van der Waals surface area contributed by atoms with Crippen molar-refractivity contribution in [2.24, 2.45) is 0 Å². The van der Waals surface area contributed by atoms with Crippen LogP contribution in [0.15, 0.2) is 36.5 Å². The minimum Gasteiger partial charge on any atom is -0.356 e. The lowest BCUT2D eigenvalue weighted by Crippen LogP contribution is -2.54. The van der Waals surface area contributed by atoms with Crippen molar-refractivity contribution < 1.29 is 0 Å². The molecule has 0 saturated carbocycles. The molecule has 0 bridgehead atoms. The number of nitrogens with zero attached hydrogens (tertiary/aromatic N) is 4. The fourth-order valence-corrected chi connectivity index (χ4v) is 3.82. The number of likely N-dealkylation sites (tertiary alicyclic amines) is 1. The van der Waals surface area contributed by atoms with Gasteiger partial charge in [0.05, 0.1) is 6.04 Å². The molecule has 2 saturated heterocycles.